The maximum atomic E-state index is 12.8. The molecule has 0 saturated heterocycles. The number of rotatable bonds is 5. The number of para-hydroxylation sites is 2. The Morgan fingerprint density at radius 3 is 2.84 bits per heavy atom. The number of hydrogen-bond donors (Lipinski definition) is 1. The molecule has 3 heterocycles. The van der Waals surface area contributed by atoms with Crippen molar-refractivity contribution >= 4 is 26.8 Å². The lowest BCUT2D eigenvalue weighted by atomic mass is 10.2. The summed E-state index contributed by atoms with van der Waals surface area (Å²) in [6, 6.07) is 11.6. The molecule has 0 bridgehead atoms. The number of nitrogens with zero attached hydrogens (tertiary/aromatic N) is 3. The molecule has 1 aliphatic rings. The number of oxazole rings is 1. The van der Waals surface area contributed by atoms with Crippen LogP contribution in [0.5, 0.6) is 11.5 Å². The van der Waals surface area contributed by atoms with E-state index in [1.807, 2.05) is 24.3 Å². The molecule has 5 rings (SSSR count). The van der Waals surface area contributed by atoms with Crippen molar-refractivity contribution in [1.82, 2.24) is 14.3 Å². The Bertz CT molecular complexity index is 1440. The minimum absolute atomic E-state index is 0.00442. The smallest absolute Gasteiger partial charge is 0.419 e. The highest BCUT2D eigenvalue weighted by atomic mass is 32.2. The molecule has 0 aliphatic carbocycles. The summed E-state index contributed by atoms with van der Waals surface area (Å²) in [6.45, 7) is 0.751. The molecule has 11 heteroatoms. The number of ether oxygens (including phenoxy) is 2. The Morgan fingerprint density at radius 2 is 2.00 bits per heavy atom. The van der Waals surface area contributed by atoms with Crippen molar-refractivity contribution < 1.29 is 22.3 Å². The molecule has 2 aromatic heterocycles. The van der Waals surface area contributed by atoms with Crippen LogP contribution in [-0.4, -0.2) is 35.5 Å². The molecule has 31 heavy (non-hydrogen) atoms. The zero-order valence-electron chi connectivity index (χ0n) is 16.4. The van der Waals surface area contributed by atoms with Crippen LogP contribution in [0.4, 0.5) is 5.69 Å². The Kier molecular flexibility index (Phi) is 4.47. The molecule has 0 amide bonds. The van der Waals surface area contributed by atoms with Crippen LogP contribution in [0.2, 0.25) is 0 Å². The molecule has 160 valence electrons. The third-order valence-electron chi connectivity index (χ3n) is 4.92. The first-order valence-corrected chi connectivity index (χ1v) is 10.9. The zero-order chi connectivity index (χ0) is 21.6. The van der Waals surface area contributed by atoms with Crippen molar-refractivity contribution in [2.45, 2.75) is 17.5 Å². The molecule has 0 unspecified atom stereocenters. The number of hydrogen-bond acceptors (Lipinski definition) is 7. The molecular formula is C20H18N4O6S. The maximum absolute atomic E-state index is 12.8. The maximum Gasteiger partial charge on any atom is 0.419 e. The van der Waals surface area contributed by atoms with Crippen molar-refractivity contribution in [1.29, 1.82) is 0 Å². The Hall–Kier alpha value is -3.73. The molecule has 2 aromatic carbocycles. The molecule has 0 radical (unpaired) electrons. The summed E-state index contributed by atoms with van der Waals surface area (Å²) in [6.07, 6.45) is 2.73. The van der Waals surface area contributed by atoms with E-state index in [4.69, 9.17) is 13.9 Å². The van der Waals surface area contributed by atoms with E-state index in [1.54, 1.807) is 10.9 Å². The molecule has 0 fully saturated rings. The number of anilines is 1. The van der Waals surface area contributed by atoms with Crippen LogP contribution in [-0.2, 0) is 23.6 Å². The van der Waals surface area contributed by atoms with E-state index >= 15 is 0 Å². The molecule has 1 N–H and O–H groups in total. The van der Waals surface area contributed by atoms with Crippen molar-refractivity contribution in [3.05, 3.63) is 65.4 Å². The van der Waals surface area contributed by atoms with Gasteiger partial charge in [-0.3, -0.25) is 14.0 Å². The van der Waals surface area contributed by atoms with Crippen LogP contribution in [0.15, 0.2) is 69.0 Å². The second-order valence-corrected chi connectivity index (χ2v) is 8.79. The lowest BCUT2D eigenvalue weighted by Crippen LogP contribution is -2.33. The summed E-state index contributed by atoms with van der Waals surface area (Å²) in [5.41, 5.74) is 1.01. The minimum Gasteiger partial charge on any atom is -0.486 e. The van der Waals surface area contributed by atoms with Crippen LogP contribution >= 0.6 is 0 Å². The number of sulfonamides is 1. The van der Waals surface area contributed by atoms with Gasteiger partial charge < -0.3 is 13.9 Å². The van der Waals surface area contributed by atoms with Gasteiger partial charge in [0.1, 0.15) is 6.61 Å². The van der Waals surface area contributed by atoms with Crippen molar-refractivity contribution in [2.75, 3.05) is 11.3 Å². The molecular weight excluding hydrogens is 424 g/mol. The van der Waals surface area contributed by atoms with E-state index in [0.717, 1.165) is 0 Å². The zero-order valence-corrected chi connectivity index (χ0v) is 17.2. The van der Waals surface area contributed by atoms with Crippen molar-refractivity contribution in [3.63, 3.8) is 0 Å². The number of aryl methyl sites for hydroxylation is 1. The fraction of sp³-hybridized carbons (Fsp3) is 0.200. The number of nitrogens with one attached hydrogen (secondary N) is 1. The highest BCUT2D eigenvalue weighted by molar-refractivity contribution is 7.92. The normalized spacial score (nSPS) is 15.8. The van der Waals surface area contributed by atoms with Gasteiger partial charge in [0.05, 0.1) is 28.8 Å². The standard InChI is InChI=1S/C20H18N4O6S/c1-23-16-8-15(6-7-17(16)30-20(23)25)31(26,27)22-13-9-21-24(10-13)11-14-12-28-18-4-2-3-5-19(18)29-14/h2-10,14,22H,11-12H2,1H3/t14-/m1/s1. The highest BCUT2D eigenvalue weighted by Crippen LogP contribution is 2.31. The van der Waals surface area contributed by atoms with E-state index < -0.39 is 15.8 Å². The predicted molar refractivity (Wildman–Crippen MR) is 111 cm³/mol. The van der Waals surface area contributed by atoms with Gasteiger partial charge in [0.25, 0.3) is 10.0 Å². The summed E-state index contributed by atoms with van der Waals surface area (Å²) in [7, 11) is -2.38. The first kappa shape index (κ1) is 19.2. The number of fused-ring (bicyclic) bond motifs is 2. The van der Waals surface area contributed by atoms with Gasteiger partial charge in [0.15, 0.2) is 23.2 Å². The third kappa shape index (κ3) is 3.63. The van der Waals surface area contributed by atoms with E-state index in [-0.39, 0.29) is 11.0 Å². The van der Waals surface area contributed by atoms with Crippen LogP contribution in [0.25, 0.3) is 11.1 Å². The third-order valence-corrected chi connectivity index (χ3v) is 6.30. The molecule has 4 aromatic rings. The first-order valence-electron chi connectivity index (χ1n) is 9.42. The van der Waals surface area contributed by atoms with Gasteiger partial charge in [-0.05, 0) is 30.3 Å². The molecule has 0 spiro atoms. The van der Waals surface area contributed by atoms with Crippen LogP contribution < -0.4 is 20.0 Å². The van der Waals surface area contributed by atoms with E-state index in [2.05, 4.69) is 9.82 Å². The van der Waals surface area contributed by atoms with Gasteiger partial charge in [-0.15, -0.1) is 0 Å². The average molecular weight is 442 g/mol. The van der Waals surface area contributed by atoms with Crippen molar-refractivity contribution in [3.8, 4) is 11.5 Å². The highest BCUT2D eigenvalue weighted by Gasteiger charge is 2.22. The molecule has 1 aliphatic heterocycles. The summed E-state index contributed by atoms with van der Waals surface area (Å²) < 4.78 is 47.5. The topological polar surface area (TPSA) is 118 Å². The largest absolute Gasteiger partial charge is 0.486 e. The summed E-state index contributed by atoms with van der Waals surface area (Å²) in [5.74, 6) is 0.797. The summed E-state index contributed by atoms with van der Waals surface area (Å²) in [5, 5.41) is 4.21. The number of aromatic nitrogens is 3. The fourth-order valence-corrected chi connectivity index (χ4v) is 4.41. The van der Waals surface area contributed by atoms with Gasteiger partial charge in [0.2, 0.25) is 0 Å². The Morgan fingerprint density at radius 1 is 1.19 bits per heavy atom. The van der Waals surface area contributed by atoms with E-state index in [1.165, 1.54) is 36.0 Å². The number of benzene rings is 2. The first-order chi connectivity index (χ1) is 14.9. The van der Waals surface area contributed by atoms with Crippen LogP contribution in [0, 0.1) is 0 Å². The average Bonchev–Trinajstić information content (AvgIpc) is 3.30. The van der Waals surface area contributed by atoms with E-state index in [9.17, 15) is 13.2 Å². The van der Waals surface area contributed by atoms with Gasteiger partial charge in [0, 0.05) is 13.2 Å². The Balaban J connectivity index is 1.31. The summed E-state index contributed by atoms with van der Waals surface area (Å²) in [4.78, 5) is 11.6. The minimum atomic E-state index is -3.89. The SMILES string of the molecule is Cn1c(=O)oc2ccc(S(=O)(=O)Nc3cnn(C[C@@H]4COc5ccccc5O4)c3)cc21. The fourth-order valence-electron chi connectivity index (χ4n) is 3.37. The summed E-state index contributed by atoms with van der Waals surface area (Å²) >= 11 is 0. The lowest BCUT2D eigenvalue weighted by molar-refractivity contribution is 0.0759. The molecule has 10 nitrogen and oxygen atoms in total. The lowest BCUT2D eigenvalue weighted by Gasteiger charge is -2.26. The molecule has 1 atom stereocenters. The second kappa shape index (κ2) is 7.20. The van der Waals surface area contributed by atoms with Crippen molar-refractivity contribution in [2.24, 2.45) is 7.05 Å². The molecule has 0 saturated carbocycles. The van der Waals surface area contributed by atoms with Gasteiger partial charge in [-0.2, -0.15) is 5.10 Å². The predicted octanol–water partition coefficient (Wildman–Crippen LogP) is 1.97. The second-order valence-electron chi connectivity index (χ2n) is 7.11. The monoisotopic (exact) mass is 442 g/mol. The van der Waals surface area contributed by atoms with Gasteiger partial charge >= 0.3 is 5.76 Å². The quantitative estimate of drug-likeness (QED) is 0.502. The van der Waals surface area contributed by atoms with Gasteiger partial charge in [-0.25, -0.2) is 13.2 Å². The van der Waals surface area contributed by atoms with E-state index in [0.29, 0.717) is 41.4 Å². The van der Waals surface area contributed by atoms with Gasteiger partial charge in [-0.1, -0.05) is 12.1 Å². The Labute approximate surface area is 176 Å². The van der Waals surface area contributed by atoms with Crippen LogP contribution in [0.1, 0.15) is 0 Å². The van der Waals surface area contributed by atoms with Crippen LogP contribution in [0.3, 0.4) is 0 Å².